The molecule has 1 aromatic heterocycles. The Hall–Kier alpha value is -2.45. The summed E-state index contributed by atoms with van der Waals surface area (Å²) in [6, 6.07) is 8.06. The number of anilines is 3. The van der Waals surface area contributed by atoms with Gasteiger partial charge in [-0.15, -0.1) is 0 Å². The second kappa shape index (κ2) is 9.66. The maximum atomic E-state index is 14.4. The molecule has 0 amide bonds. The van der Waals surface area contributed by atoms with Crippen molar-refractivity contribution >= 4 is 17.3 Å². The van der Waals surface area contributed by atoms with Crippen LogP contribution in [0, 0.1) is 17.7 Å². The maximum absolute atomic E-state index is 14.4. The number of benzene rings is 1. The topological polar surface area (TPSA) is 79.7 Å². The first-order valence-corrected chi connectivity index (χ1v) is 12.5. The molecular weight excluding hydrogens is 435 g/mol. The van der Waals surface area contributed by atoms with Gasteiger partial charge in [0.1, 0.15) is 0 Å². The quantitative estimate of drug-likeness (QED) is 0.634. The number of rotatable bonds is 6. The van der Waals surface area contributed by atoms with Crippen molar-refractivity contribution in [2.75, 3.05) is 29.9 Å². The van der Waals surface area contributed by atoms with Crippen molar-refractivity contribution in [3.63, 3.8) is 0 Å². The van der Waals surface area contributed by atoms with Crippen LogP contribution in [0.3, 0.4) is 0 Å². The molecule has 34 heavy (non-hydrogen) atoms. The van der Waals surface area contributed by atoms with Crippen LogP contribution in [0.2, 0.25) is 0 Å². The van der Waals surface area contributed by atoms with Crippen LogP contribution in [-0.4, -0.2) is 52.6 Å². The number of ether oxygens (including phenoxy) is 2. The van der Waals surface area contributed by atoms with E-state index in [1.165, 1.54) is 0 Å². The van der Waals surface area contributed by atoms with Crippen molar-refractivity contribution in [1.82, 2.24) is 9.97 Å². The molecule has 5 rings (SSSR count). The fourth-order valence-corrected chi connectivity index (χ4v) is 5.90. The molecule has 0 radical (unpaired) electrons. The van der Waals surface area contributed by atoms with E-state index in [2.05, 4.69) is 46.2 Å². The van der Waals surface area contributed by atoms with E-state index >= 15 is 0 Å². The van der Waals surface area contributed by atoms with Gasteiger partial charge in [-0.3, -0.25) is 0 Å². The van der Waals surface area contributed by atoms with Crippen molar-refractivity contribution in [3.05, 3.63) is 36.3 Å². The van der Waals surface area contributed by atoms with Crippen LogP contribution in [0.15, 0.2) is 30.5 Å². The molecule has 1 aromatic carbocycles. The normalized spacial score (nSPS) is 31.2. The largest absolute Gasteiger partial charge is 0.475 e. The second-order valence-corrected chi connectivity index (χ2v) is 10.4. The highest BCUT2D eigenvalue weighted by molar-refractivity contribution is 5.59. The number of hydrogen-bond acceptors (Lipinski definition) is 7. The smallest absolute Gasteiger partial charge is 0.255 e. The molecule has 8 heteroatoms. The van der Waals surface area contributed by atoms with Gasteiger partial charge in [-0.25, -0.2) is 4.98 Å². The van der Waals surface area contributed by atoms with Crippen LogP contribution < -0.4 is 15.0 Å². The van der Waals surface area contributed by atoms with Crippen LogP contribution >= 0.6 is 0 Å². The van der Waals surface area contributed by atoms with Gasteiger partial charge in [0.15, 0.2) is 0 Å². The third kappa shape index (κ3) is 5.28. The highest BCUT2D eigenvalue weighted by Gasteiger charge is 2.42. The number of fused-ring (bicyclic) bond motifs is 2. The Balaban J connectivity index is 1.20. The number of aliphatic hydroxyl groups is 1. The van der Waals surface area contributed by atoms with Gasteiger partial charge in [0, 0.05) is 24.5 Å². The number of aromatic nitrogens is 2. The minimum atomic E-state index is -0.563. The zero-order valence-corrected chi connectivity index (χ0v) is 20.0. The lowest BCUT2D eigenvalue weighted by atomic mass is 9.65. The second-order valence-electron chi connectivity index (χ2n) is 10.4. The Morgan fingerprint density at radius 3 is 2.71 bits per heavy atom. The maximum Gasteiger partial charge on any atom is 0.255 e. The van der Waals surface area contributed by atoms with Gasteiger partial charge in [0.25, 0.3) is 5.88 Å². The summed E-state index contributed by atoms with van der Waals surface area (Å²) in [4.78, 5) is 10.7. The molecule has 3 fully saturated rings. The van der Waals surface area contributed by atoms with Gasteiger partial charge >= 0.3 is 0 Å². The standard InChI is InChI=1S/C26H35FN4O3/c1-17-14-31(15-18(2)34-17)22-7-5-21(6-8-22)29-25-28-13-23(27)24(30-25)33-16-20-9-11-26(32)10-3-4-19(20)12-26/h5-8,13,17-20,32H,3-4,9-12,14-16H2,1-2H3,(H,28,29,30)/t17-,18+,19?,20?,26?. The summed E-state index contributed by atoms with van der Waals surface area (Å²) in [5.41, 5.74) is 1.47. The van der Waals surface area contributed by atoms with E-state index in [4.69, 9.17) is 9.47 Å². The predicted molar refractivity (Wildman–Crippen MR) is 129 cm³/mol. The number of hydrogen-bond donors (Lipinski definition) is 2. The summed E-state index contributed by atoms with van der Waals surface area (Å²) >= 11 is 0. The van der Waals surface area contributed by atoms with Gasteiger partial charge in [0.05, 0.1) is 30.6 Å². The van der Waals surface area contributed by atoms with Gasteiger partial charge in [-0.2, -0.15) is 9.37 Å². The van der Waals surface area contributed by atoms with Crippen LogP contribution in [0.5, 0.6) is 5.88 Å². The molecule has 5 atom stereocenters. The summed E-state index contributed by atoms with van der Waals surface area (Å²) in [6.07, 6.45) is 7.15. The van der Waals surface area contributed by atoms with Crippen LogP contribution in [-0.2, 0) is 4.74 Å². The minimum absolute atomic E-state index is 0.0259. The molecule has 2 aliphatic carbocycles. The molecule has 3 unspecified atom stereocenters. The first-order chi connectivity index (χ1) is 16.4. The van der Waals surface area contributed by atoms with Crippen molar-refractivity contribution in [1.29, 1.82) is 0 Å². The van der Waals surface area contributed by atoms with Gasteiger partial charge in [-0.05, 0) is 82.1 Å². The molecule has 2 saturated carbocycles. The molecule has 2 bridgehead atoms. The molecular formula is C26H35FN4O3. The fraction of sp³-hybridized carbons (Fsp3) is 0.615. The zero-order valence-electron chi connectivity index (χ0n) is 20.0. The molecule has 2 aromatic rings. The van der Waals surface area contributed by atoms with Crippen molar-refractivity contribution < 1.29 is 19.0 Å². The summed E-state index contributed by atoms with van der Waals surface area (Å²) in [5.74, 6) is 0.471. The molecule has 2 N–H and O–H groups in total. The molecule has 2 heterocycles. The molecule has 1 aliphatic heterocycles. The molecule has 3 aliphatic rings. The first-order valence-electron chi connectivity index (χ1n) is 12.5. The third-order valence-corrected chi connectivity index (χ3v) is 7.56. The van der Waals surface area contributed by atoms with Crippen molar-refractivity contribution in [2.24, 2.45) is 11.8 Å². The summed E-state index contributed by atoms with van der Waals surface area (Å²) in [5, 5.41) is 13.8. The Morgan fingerprint density at radius 1 is 1.18 bits per heavy atom. The Kier molecular flexibility index (Phi) is 6.62. The van der Waals surface area contributed by atoms with Gasteiger partial charge in [0.2, 0.25) is 11.8 Å². The average molecular weight is 471 g/mol. The van der Waals surface area contributed by atoms with E-state index < -0.39 is 11.4 Å². The number of nitrogens with zero attached hydrogens (tertiary/aromatic N) is 3. The molecule has 184 valence electrons. The van der Waals surface area contributed by atoms with E-state index in [1.807, 2.05) is 12.1 Å². The lowest BCUT2D eigenvalue weighted by Crippen LogP contribution is -2.45. The monoisotopic (exact) mass is 470 g/mol. The number of nitrogens with one attached hydrogen (secondary N) is 1. The van der Waals surface area contributed by atoms with E-state index in [-0.39, 0.29) is 18.1 Å². The van der Waals surface area contributed by atoms with Crippen LogP contribution in [0.25, 0.3) is 0 Å². The number of morpholine rings is 1. The lowest BCUT2D eigenvalue weighted by molar-refractivity contribution is -0.0735. The third-order valence-electron chi connectivity index (χ3n) is 7.56. The molecule has 0 spiro atoms. The lowest BCUT2D eigenvalue weighted by Gasteiger charge is -2.45. The van der Waals surface area contributed by atoms with Crippen LogP contribution in [0.1, 0.15) is 52.4 Å². The molecule has 1 saturated heterocycles. The average Bonchev–Trinajstić information content (AvgIpc) is 2.80. The summed E-state index contributed by atoms with van der Waals surface area (Å²) in [6.45, 7) is 6.32. The SMILES string of the molecule is C[C@@H]1CN(c2ccc(Nc3ncc(F)c(OCC4CCC5(O)CCCC4C5)n3)cc2)C[C@H](C)O1. The number of halogens is 1. The minimum Gasteiger partial charge on any atom is -0.475 e. The van der Waals surface area contributed by atoms with Crippen LogP contribution in [0.4, 0.5) is 21.7 Å². The summed E-state index contributed by atoms with van der Waals surface area (Å²) in [7, 11) is 0. The fourth-order valence-electron chi connectivity index (χ4n) is 5.90. The van der Waals surface area contributed by atoms with Gasteiger partial charge < -0.3 is 24.8 Å². The Labute approximate surface area is 200 Å². The first kappa shape index (κ1) is 23.3. The van der Waals surface area contributed by atoms with Crippen molar-refractivity contribution in [2.45, 2.75) is 70.2 Å². The summed E-state index contributed by atoms with van der Waals surface area (Å²) < 4.78 is 26.0. The highest BCUT2D eigenvalue weighted by Crippen LogP contribution is 2.45. The van der Waals surface area contributed by atoms with E-state index in [0.717, 1.165) is 69.2 Å². The zero-order chi connectivity index (χ0) is 23.7. The van der Waals surface area contributed by atoms with Gasteiger partial charge in [-0.1, -0.05) is 6.42 Å². The highest BCUT2D eigenvalue weighted by atomic mass is 19.1. The van der Waals surface area contributed by atoms with E-state index in [0.29, 0.717) is 24.4 Å². The Bertz CT molecular complexity index is 981. The Morgan fingerprint density at radius 2 is 1.94 bits per heavy atom. The molecule has 7 nitrogen and oxygen atoms in total. The van der Waals surface area contributed by atoms with E-state index in [9.17, 15) is 9.50 Å². The predicted octanol–water partition coefficient (Wildman–Crippen LogP) is 4.68. The van der Waals surface area contributed by atoms with Crippen molar-refractivity contribution in [3.8, 4) is 5.88 Å². The van der Waals surface area contributed by atoms with E-state index in [1.54, 1.807) is 0 Å².